The van der Waals surface area contributed by atoms with Gasteiger partial charge in [0, 0.05) is 5.56 Å². The average Bonchev–Trinajstić information content (AvgIpc) is 3.03. The Balaban J connectivity index is 1.97. The van der Waals surface area contributed by atoms with Crippen LogP contribution in [0.3, 0.4) is 0 Å². The van der Waals surface area contributed by atoms with Crippen LogP contribution < -0.4 is 11.1 Å². The van der Waals surface area contributed by atoms with Gasteiger partial charge in [-0.15, -0.1) is 0 Å². The van der Waals surface area contributed by atoms with E-state index in [4.69, 9.17) is 10.3 Å². The molecule has 0 aliphatic rings. The minimum Gasteiger partial charge on any atom is -0.345 e. The minimum absolute atomic E-state index is 0.201. The van der Waals surface area contributed by atoms with E-state index in [0.29, 0.717) is 18.1 Å². The van der Waals surface area contributed by atoms with Crippen molar-refractivity contribution in [2.75, 3.05) is 12.0 Å². The number of rotatable bonds is 7. The molecule has 0 bridgehead atoms. The van der Waals surface area contributed by atoms with Gasteiger partial charge in [0.2, 0.25) is 5.91 Å². The van der Waals surface area contributed by atoms with Gasteiger partial charge >= 0.3 is 0 Å². The van der Waals surface area contributed by atoms with Crippen LogP contribution in [0.2, 0.25) is 0 Å². The van der Waals surface area contributed by atoms with Crippen LogP contribution >= 0.6 is 11.8 Å². The van der Waals surface area contributed by atoms with Crippen LogP contribution in [0.5, 0.6) is 0 Å². The van der Waals surface area contributed by atoms with Crippen LogP contribution in [0.1, 0.15) is 25.2 Å². The summed E-state index contributed by atoms with van der Waals surface area (Å²) in [6.07, 6.45) is 2.62. The molecule has 3 N–H and O–H groups in total. The highest BCUT2D eigenvalue weighted by atomic mass is 32.2. The molecule has 118 valence electrons. The molecule has 1 aromatic carbocycles. The molecule has 7 heteroatoms. The monoisotopic (exact) mass is 320 g/mol. The summed E-state index contributed by atoms with van der Waals surface area (Å²) in [5.74, 6) is 1.52. The van der Waals surface area contributed by atoms with E-state index >= 15 is 0 Å². The van der Waals surface area contributed by atoms with Crippen LogP contribution in [0.15, 0.2) is 34.9 Å². The Kier molecular flexibility index (Phi) is 5.97. The number of hydrogen-bond donors (Lipinski definition) is 2. The summed E-state index contributed by atoms with van der Waals surface area (Å²) < 4.78 is 5.23. The van der Waals surface area contributed by atoms with Crippen molar-refractivity contribution in [1.29, 1.82) is 0 Å². The highest BCUT2D eigenvalue weighted by Crippen LogP contribution is 2.18. The van der Waals surface area contributed by atoms with Gasteiger partial charge < -0.3 is 15.6 Å². The van der Waals surface area contributed by atoms with Crippen molar-refractivity contribution in [2.45, 2.75) is 25.4 Å². The second kappa shape index (κ2) is 7.95. The van der Waals surface area contributed by atoms with Gasteiger partial charge in [-0.3, -0.25) is 4.79 Å². The molecule has 0 saturated heterocycles. The molecule has 1 heterocycles. The number of hydrogen-bond acceptors (Lipinski definition) is 6. The van der Waals surface area contributed by atoms with Crippen LogP contribution in [0.4, 0.5) is 0 Å². The number of amides is 1. The van der Waals surface area contributed by atoms with E-state index in [1.165, 1.54) is 0 Å². The number of carbonyl (C=O) groups excluding carboxylic acids is 1. The van der Waals surface area contributed by atoms with E-state index in [1.807, 2.05) is 36.6 Å². The highest BCUT2D eigenvalue weighted by molar-refractivity contribution is 7.98. The zero-order valence-electron chi connectivity index (χ0n) is 12.7. The molecule has 1 unspecified atom stereocenters. The fraction of sp³-hybridized carbons (Fsp3) is 0.400. The molecule has 2 aromatic rings. The lowest BCUT2D eigenvalue weighted by atomic mass is 10.2. The van der Waals surface area contributed by atoms with E-state index in [9.17, 15) is 4.79 Å². The Morgan fingerprint density at radius 2 is 2.14 bits per heavy atom. The molecular weight excluding hydrogens is 300 g/mol. The maximum atomic E-state index is 12.0. The van der Waals surface area contributed by atoms with E-state index in [0.717, 1.165) is 11.3 Å². The number of nitrogens with two attached hydrogens (primary N) is 1. The third-order valence-corrected chi connectivity index (χ3v) is 3.82. The predicted molar refractivity (Wildman–Crippen MR) is 87.3 cm³/mol. The van der Waals surface area contributed by atoms with Crippen molar-refractivity contribution in [3.8, 4) is 11.5 Å². The smallest absolute Gasteiger partial charge is 0.257 e. The maximum absolute atomic E-state index is 12.0. The van der Waals surface area contributed by atoms with E-state index in [1.54, 1.807) is 18.7 Å². The highest BCUT2D eigenvalue weighted by Gasteiger charge is 2.20. The van der Waals surface area contributed by atoms with Gasteiger partial charge in [0.1, 0.15) is 0 Å². The molecule has 1 aromatic heterocycles. The summed E-state index contributed by atoms with van der Waals surface area (Å²) in [6, 6.07) is 8.62. The standard InChI is InChI=1S/C15H20N4O2S/c1-10(17-14(20)12(16)8-9-22-2)13-18-15(21-19-13)11-6-4-3-5-7-11/h3-7,10,12H,8-9,16H2,1-2H3,(H,17,20)/t10?,12-/m0/s1. The fourth-order valence-corrected chi connectivity index (χ4v) is 2.36. The summed E-state index contributed by atoms with van der Waals surface area (Å²) in [5, 5.41) is 6.73. The summed E-state index contributed by atoms with van der Waals surface area (Å²) in [4.78, 5) is 16.3. The molecule has 0 aliphatic carbocycles. The molecule has 22 heavy (non-hydrogen) atoms. The molecule has 0 saturated carbocycles. The summed E-state index contributed by atoms with van der Waals surface area (Å²) >= 11 is 1.66. The largest absolute Gasteiger partial charge is 0.345 e. The molecule has 0 fully saturated rings. The van der Waals surface area contributed by atoms with Gasteiger partial charge in [0.25, 0.3) is 5.89 Å². The fourth-order valence-electron chi connectivity index (χ4n) is 1.87. The summed E-state index contributed by atoms with van der Waals surface area (Å²) in [6.45, 7) is 1.80. The van der Waals surface area contributed by atoms with Crippen LogP contribution in [-0.2, 0) is 4.79 Å². The van der Waals surface area contributed by atoms with Crippen molar-refractivity contribution < 1.29 is 9.32 Å². The average molecular weight is 320 g/mol. The summed E-state index contributed by atoms with van der Waals surface area (Å²) in [5.41, 5.74) is 6.68. The Labute approximate surface area is 133 Å². The normalized spacial score (nSPS) is 13.6. The van der Waals surface area contributed by atoms with Gasteiger partial charge in [0.15, 0.2) is 5.82 Å². The SMILES string of the molecule is CSCC[C@H](N)C(=O)NC(C)c1noc(-c2ccccc2)n1. The number of aromatic nitrogens is 2. The zero-order chi connectivity index (χ0) is 15.9. The third kappa shape index (κ3) is 4.32. The molecular formula is C15H20N4O2S. The quantitative estimate of drug-likeness (QED) is 0.810. The lowest BCUT2D eigenvalue weighted by Crippen LogP contribution is -2.42. The Hall–Kier alpha value is -1.86. The van der Waals surface area contributed by atoms with Crippen LogP contribution in [0.25, 0.3) is 11.5 Å². The van der Waals surface area contributed by atoms with Crippen molar-refractivity contribution in [3.05, 3.63) is 36.2 Å². The van der Waals surface area contributed by atoms with Crippen molar-refractivity contribution in [2.24, 2.45) is 5.73 Å². The van der Waals surface area contributed by atoms with Gasteiger partial charge in [-0.05, 0) is 37.5 Å². The number of carbonyl (C=O) groups is 1. The Morgan fingerprint density at radius 1 is 1.41 bits per heavy atom. The molecule has 2 rings (SSSR count). The first-order valence-electron chi connectivity index (χ1n) is 7.05. The molecule has 6 nitrogen and oxygen atoms in total. The number of nitrogens with one attached hydrogen (secondary N) is 1. The summed E-state index contributed by atoms with van der Waals surface area (Å²) in [7, 11) is 0. The van der Waals surface area contributed by atoms with Crippen LogP contribution in [0, 0.1) is 0 Å². The molecule has 1 amide bonds. The molecule has 0 radical (unpaired) electrons. The van der Waals surface area contributed by atoms with Crippen molar-refractivity contribution >= 4 is 17.7 Å². The lowest BCUT2D eigenvalue weighted by Gasteiger charge is -2.14. The predicted octanol–water partition coefficient (Wildman–Crippen LogP) is 1.99. The maximum Gasteiger partial charge on any atom is 0.257 e. The van der Waals surface area contributed by atoms with Gasteiger partial charge in [0.05, 0.1) is 12.1 Å². The first kappa shape index (κ1) is 16.5. The van der Waals surface area contributed by atoms with Crippen LogP contribution in [-0.4, -0.2) is 34.1 Å². The minimum atomic E-state index is -0.518. The third-order valence-electron chi connectivity index (χ3n) is 3.18. The second-order valence-electron chi connectivity index (χ2n) is 4.94. The topological polar surface area (TPSA) is 94.0 Å². The van der Waals surface area contributed by atoms with E-state index in [-0.39, 0.29) is 11.9 Å². The zero-order valence-corrected chi connectivity index (χ0v) is 13.5. The van der Waals surface area contributed by atoms with Gasteiger partial charge in [-0.2, -0.15) is 16.7 Å². The number of thioether (sulfide) groups is 1. The van der Waals surface area contributed by atoms with Crippen molar-refractivity contribution in [1.82, 2.24) is 15.5 Å². The first-order chi connectivity index (χ1) is 10.6. The van der Waals surface area contributed by atoms with Gasteiger partial charge in [-0.25, -0.2) is 0 Å². The molecule has 0 aliphatic heterocycles. The Bertz CT molecular complexity index is 603. The van der Waals surface area contributed by atoms with E-state index < -0.39 is 6.04 Å². The number of benzene rings is 1. The molecule has 2 atom stereocenters. The van der Waals surface area contributed by atoms with E-state index in [2.05, 4.69) is 15.5 Å². The van der Waals surface area contributed by atoms with Crippen molar-refractivity contribution in [3.63, 3.8) is 0 Å². The van der Waals surface area contributed by atoms with Gasteiger partial charge in [-0.1, -0.05) is 23.4 Å². The Morgan fingerprint density at radius 3 is 2.82 bits per heavy atom. The first-order valence-corrected chi connectivity index (χ1v) is 8.45. The molecule has 0 spiro atoms. The lowest BCUT2D eigenvalue weighted by molar-refractivity contribution is -0.123. The number of nitrogens with zero attached hydrogens (tertiary/aromatic N) is 2. The second-order valence-corrected chi connectivity index (χ2v) is 5.93.